The van der Waals surface area contributed by atoms with Gasteiger partial charge < -0.3 is 4.74 Å². The van der Waals surface area contributed by atoms with E-state index in [2.05, 4.69) is 15.1 Å². The number of ether oxygens (including phenoxy) is 1. The van der Waals surface area contributed by atoms with Crippen LogP contribution in [0.15, 0.2) is 54.9 Å². The number of benzene rings is 1. The molecule has 1 amide bonds. The first-order valence-corrected chi connectivity index (χ1v) is 11.0. The summed E-state index contributed by atoms with van der Waals surface area (Å²) in [6.45, 7) is 7.55. The fraction of sp³-hybridized carbons (Fsp3) is 0.240. The Morgan fingerprint density at radius 1 is 1.21 bits per heavy atom. The largest absolute Gasteiger partial charge is 0.443 e. The number of anilines is 1. The van der Waals surface area contributed by atoms with E-state index in [0.717, 1.165) is 11.1 Å². The minimum absolute atomic E-state index is 0.165. The summed E-state index contributed by atoms with van der Waals surface area (Å²) in [5.74, 6) is 0.459. The highest BCUT2D eigenvalue weighted by atomic mass is 35.5. The molecule has 8 nitrogen and oxygen atoms in total. The first-order chi connectivity index (χ1) is 16.1. The Morgan fingerprint density at radius 2 is 2.00 bits per heavy atom. The summed E-state index contributed by atoms with van der Waals surface area (Å²) in [7, 11) is 0. The molecule has 4 rings (SSSR count). The van der Waals surface area contributed by atoms with E-state index in [9.17, 15) is 4.79 Å². The Kier molecular flexibility index (Phi) is 6.22. The zero-order chi connectivity index (χ0) is 24.5. The van der Waals surface area contributed by atoms with Crippen molar-refractivity contribution in [3.05, 3.63) is 76.7 Å². The molecule has 0 saturated heterocycles. The smallest absolute Gasteiger partial charge is 0.416 e. The minimum atomic E-state index is -0.706. The van der Waals surface area contributed by atoms with Crippen LogP contribution in [0.2, 0.25) is 5.02 Å². The topological polar surface area (TPSA) is 96.4 Å². The number of hydrogen-bond donors (Lipinski definition) is 0. The average Bonchev–Trinajstić information content (AvgIpc) is 3.26. The Hall–Kier alpha value is -3.96. The van der Waals surface area contributed by atoms with E-state index < -0.39 is 11.7 Å². The fourth-order valence-corrected chi connectivity index (χ4v) is 3.65. The van der Waals surface area contributed by atoms with Crippen LogP contribution in [0.25, 0.3) is 16.9 Å². The number of aryl methyl sites for hydroxylation is 1. The summed E-state index contributed by atoms with van der Waals surface area (Å²) in [6.07, 6.45) is 2.64. The first-order valence-electron chi connectivity index (χ1n) is 10.6. The second kappa shape index (κ2) is 9.12. The molecule has 172 valence electrons. The van der Waals surface area contributed by atoms with Gasteiger partial charge in [-0.15, -0.1) is 0 Å². The number of rotatable bonds is 4. The molecule has 3 aromatic heterocycles. The van der Waals surface area contributed by atoms with E-state index >= 15 is 0 Å². The lowest BCUT2D eigenvalue weighted by Crippen LogP contribution is -2.37. The second-order valence-electron chi connectivity index (χ2n) is 8.81. The lowest BCUT2D eigenvalue weighted by molar-refractivity contribution is 0.0575. The lowest BCUT2D eigenvalue weighted by Gasteiger charge is -2.28. The quantitative estimate of drug-likeness (QED) is 0.383. The normalized spacial score (nSPS) is 11.3. The predicted octanol–water partition coefficient (Wildman–Crippen LogP) is 5.57. The summed E-state index contributed by atoms with van der Waals surface area (Å²) >= 11 is 6.50. The summed E-state index contributed by atoms with van der Waals surface area (Å²) in [4.78, 5) is 23.7. The van der Waals surface area contributed by atoms with Gasteiger partial charge in [0, 0.05) is 28.9 Å². The van der Waals surface area contributed by atoms with Crippen molar-refractivity contribution >= 4 is 29.2 Å². The van der Waals surface area contributed by atoms with Crippen LogP contribution >= 0.6 is 11.6 Å². The number of pyridine rings is 1. The predicted molar refractivity (Wildman–Crippen MR) is 130 cm³/mol. The van der Waals surface area contributed by atoms with E-state index in [0.29, 0.717) is 33.4 Å². The molecule has 9 heteroatoms. The molecular formula is C25H23ClN6O2. The van der Waals surface area contributed by atoms with Crippen LogP contribution in [0.3, 0.4) is 0 Å². The molecule has 0 aliphatic carbocycles. The summed E-state index contributed by atoms with van der Waals surface area (Å²) in [6, 6.07) is 14.6. The van der Waals surface area contributed by atoms with Gasteiger partial charge in [0.2, 0.25) is 0 Å². The SMILES string of the molecule is Cc1ccc(CN(C(=O)OC(C)(C)C)c2cc(-c3ccc(C#N)nc3)nc3ccnn23)c(Cl)c1. The summed E-state index contributed by atoms with van der Waals surface area (Å²) < 4.78 is 7.30. The molecule has 1 aromatic carbocycles. The molecule has 0 atom stereocenters. The molecule has 3 heterocycles. The zero-order valence-electron chi connectivity index (χ0n) is 19.3. The van der Waals surface area contributed by atoms with Crippen LogP contribution in [0.1, 0.15) is 37.6 Å². The van der Waals surface area contributed by atoms with Crippen molar-refractivity contribution in [2.24, 2.45) is 0 Å². The Bertz CT molecular complexity index is 1400. The van der Waals surface area contributed by atoms with Gasteiger partial charge in [0.05, 0.1) is 18.4 Å². The van der Waals surface area contributed by atoms with E-state index in [4.69, 9.17) is 21.6 Å². The summed E-state index contributed by atoms with van der Waals surface area (Å²) in [5.41, 5.74) is 3.19. The first kappa shape index (κ1) is 23.2. The number of nitrogens with zero attached hydrogens (tertiary/aromatic N) is 6. The van der Waals surface area contributed by atoms with Gasteiger partial charge in [-0.25, -0.2) is 14.8 Å². The van der Waals surface area contributed by atoms with Crippen molar-refractivity contribution < 1.29 is 9.53 Å². The van der Waals surface area contributed by atoms with Gasteiger partial charge in [0.15, 0.2) is 5.65 Å². The van der Waals surface area contributed by atoms with Crippen LogP contribution in [0.4, 0.5) is 10.6 Å². The highest BCUT2D eigenvalue weighted by Crippen LogP contribution is 2.28. The molecule has 0 fully saturated rings. The third-order valence-corrected chi connectivity index (χ3v) is 5.29. The minimum Gasteiger partial charge on any atom is -0.443 e. The van der Waals surface area contributed by atoms with Gasteiger partial charge in [-0.1, -0.05) is 23.7 Å². The number of carbonyl (C=O) groups is 1. The number of aromatic nitrogens is 4. The standard InChI is InChI=1S/C25H23ClN6O2/c1-16-5-6-18(20(26)11-16)15-31(24(33)34-25(2,3)4)23-12-21(30-22-9-10-29-32(22)23)17-7-8-19(13-27)28-14-17/h5-12,14H,15H2,1-4H3. The molecule has 0 N–H and O–H groups in total. The van der Waals surface area contributed by atoms with Crippen LogP contribution in [0.5, 0.6) is 0 Å². The molecule has 0 aliphatic heterocycles. The second-order valence-corrected chi connectivity index (χ2v) is 9.21. The van der Waals surface area contributed by atoms with Crippen molar-refractivity contribution in [3.8, 4) is 17.3 Å². The molecule has 0 spiro atoms. The van der Waals surface area contributed by atoms with Crippen molar-refractivity contribution in [3.63, 3.8) is 0 Å². The van der Waals surface area contributed by atoms with Crippen molar-refractivity contribution in [1.82, 2.24) is 19.6 Å². The zero-order valence-corrected chi connectivity index (χ0v) is 20.0. The van der Waals surface area contributed by atoms with Gasteiger partial charge in [-0.2, -0.15) is 14.9 Å². The van der Waals surface area contributed by atoms with Crippen molar-refractivity contribution in [2.45, 2.75) is 39.8 Å². The molecule has 0 radical (unpaired) electrons. The van der Waals surface area contributed by atoms with Crippen LogP contribution < -0.4 is 4.90 Å². The molecular weight excluding hydrogens is 452 g/mol. The van der Waals surface area contributed by atoms with Crippen LogP contribution in [-0.4, -0.2) is 31.3 Å². The molecule has 0 saturated carbocycles. The average molecular weight is 475 g/mol. The van der Waals surface area contributed by atoms with Crippen LogP contribution in [0, 0.1) is 18.3 Å². The highest BCUT2D eigenvalue weighted by Gasteiger charge is 2.27. The molecule has 4 aromatic rings. The maximum atomic E-state index is 13.4. The molecule has 34 heavy (non-hydrogen) atoms. The Morgan fingerprint density at radius 3 is 2.65 bits per heavy atom. The number of fused-ring (bicyclic) bond motifs is 1. The highest BCUT2D eigenvalue weighted by molar-refractivity contribution is 6.31. The maximum Gasteiger partial charge on any atom is 0.416 e. The third-order valence-electron chi connectivity index (χ3n) is 4.94. The number of halogens is 1. The molecule has 0 bridgehead atoms. The van der Waals surface area contributed by atoms with Crippen LogP contribution in [-0.2, 0) is 11.3 Å². The number of amides is 1. The van der Waals surface area contributed by atoms with Gasteiger partial charge >= 0.3 is 6.09 Å². The van der Waals surface area contributed by atoms with E-state index in [1.54, 1.807) is 41.2 Å². The van der Waals surface area contributed by atoms with Crippen molar-refractivity contribution in [2.75, 3.05) is 4.90 Å². The number of nitriles is 1. The van der Waals surface area contributed by atoms with E-state index in [-0.39, 0.29) is 6.54 Å². The van der Waals surface area contributed by atoms with Gasteiger partial charge in [-0.3, -0.25) is 4.90 Å². The number of carbonyl (C=O) groups excluding carboxylic acids is 1. The monoisotopic (exact) mass is 474 g/mol. The van der Waals surface area contributed by atoms with Gasteiger partial charge in [0.1, 0.15) is 23.2 Å². The third kappa shape index (κ3) is 5.00. The molecule has 0 aliphatic rings. The van der Waals surface area contributed by atoms with Crippen molar-refractivity contribution in [1.29, 1.82) is 5.26 Å². The number of hydrogen-bond acceptors (Lipinski definition) is 6. The maximum absolute atomic E-state index is 13.4. The molecule has 0 unspecified atom stereocenters. The summed E-state index contributed by atoms with van der Waals surface area (Å²) in [5, 5.41) is 14.0. The lowest BCUT2D eigenvalue weighted by atomic mass is 10.1. The van der Waals surface area contributed by atoms with Gasteiger partial charge in [-0.05, 0) is 57.0 Å². The van der Waals surface area contributed by atoms with Gasteiger partial charge in [0.25, 0.3) is 0 Å². The Labute approximate surface area is 202 Å². The Balaban J connectivity index is 1.86. The fourth-order valence-electron chi connectivity index (χ4n) is 3.36. The van der Waals surface area contributed by atoms with E-state index in [1.807, 2.05) is 52.0 Å². The van der Waals surface area contributed by atoms with E-state index in [1.165, 1.54) is 4.90 Å².